The first kappa shape index (κ1) is 17.2. The zero-order valence-electron chi connectivity index (χ0n) is 14.9. The van der Waals surface area contributed by atoms with Gasteiger partial charge in [0.15, 0.2) is 11.5 Å². The lowest BCUT2D eigenvalue weighted by Crippen LogP contribution is -2.38. The first-order valence-corrected chi connectivity index (χ1v) is 9.04. The number of piperidine rings is 1. The third kappa shape index (κ3) is 3.80. The maximum atomic E-state index is 12.6. The Morgan fingerprint density at radius 3 is 2.63 bits per heavy atom. The van der Waals surface area contributed by atoms with Crippen molar-refractivity contribution in [3.8, 4) is 17.6 Å². The average Bonchev–Trinajstić information content (AvgIpc) is 2.74. The predicted molar refractivity (Wildman–Crippen MR) is 100.0 cm³/mol. The molecular formula is C20H20N4O3. The minimum atomic E-state index is -0.0344. The second kappa shape index (κ2) is 7.54. The van der Waals surface area contributed by atoms with Crippen LogP contribution in [-0.2, 0) is 4.79 Å². The van der Waals surface area contributed by atoms with Gasteiger partial charge in [0.2, 0.25) is 5.91 Å². The molecule has 2 aromatic rings. The van der Waals surface area contributed by atoms with Crippen LogP contribution in [0.5, 0.6) is 11.5 Å². The summed E-state index contributed by atoms with van der Waals surface area (Å²) >= 11 is 0. The monoisotopic (exact) mass is 364 g/mol. The Bertz CT molecular complexity index is 868. The summed E-state index contributed by atoms with van der Waals surface area (Å²) in [7, 11) is 0. The Labute approximate surface area is 157 Å². The highest BCUT2D eigenvalue weighted by Crippen LogP contribution is 2.33. The van der Waals surface area contributed by atoms with Gasteiger partial charge in [0.1, 0.15) is 25.1 Å². The molecule has 1 aromatic heterocycles. The van der Waals surface area contributed by atoms with E-state index in [1.54, 1.807) is 12.3 Å². The smallest absolute Gasteiger partial charge is 0.227 e. The number of nitriles is 1. The van der Waals surface area contributed by atoms with Gasteiger partial charge in [-0.25, -0.2) is 4.98 Å². The molecule has 1 saturated heterocycles. The van der Waals surface area contributed by atoms with Crippen molar-refractivity contribution in [2.75, 3.05) is 36.5 Å². The fraction of sp³-hybridized carbons (Fsp3) is 0.350. The molecule has 3 heterocycles. The number of nitrogens with one attached hydrogen (secondary N) is 1. The summed E-state index contributed by atoms with van der Waals surface area (Å²) in [5.41, 5.74) is 1.27. The second-order valence-corrected chi connectivity index (χ2v) is 6.63. The number of pyridine rings is 1. The number of rotatable bonds is 3. The summed E-state index contributed by atoms with van der Waals surface area (Å²) in [6, 6.07) is 11.2. The summed E-state index contributed by atoms with van der Waals surface area (Å²) in [6.07, 6.45) is 3.10. The van der Waals surface area contributed by atoms with Gasteiger partial charge in [-0.15, -0.1) is 0 Å². The molecule has 0 spiro atoms. The first-order valence-electron chi connectivity index (χ1n) is 9.04. The van der Waals surface area contributed by atoms with Crippen molar-refractivity contribution >= 4 is 17.4 Å². The minimum Gasteiger partial charge on any atom is -0.486 e. The summed E-state index contributed by atoms with van der Waals surface area (Å²) in [6.45, 7) is 2.59. The molecule has 1 aromatic carbocycles. The highest BCUT2D eigenvalue weighted by Gasteiger charge is 2.26. The molecule has 0 aliphatic carbocycles. The van der Waals surface area contributed by atoms with E-state index >= 15 is 0 Å². The van der Waals surface area contributed by atoms with Gasteiger partial charge < -0.3 is 19.7 Å². The van der Waals surface area contributed by atoms with Crippen LogP contribution in [0.3, 0.4) is 0 Å². The van der Waals surface area contributed by atoms with Crippen LogP contribution in [0.2, 0.25) is 0 Å². The maximum absolute atomic E-state index is 12.6. The molecule has 7 nitrogen and oxygen atoms in total. The molecule has 4 rings (SSSR count). The molecule has 0 radical (unpaired) electrons. The number of hydrogen-bond donors (Lipinski definition) is 1. The molecule has 0 atom stereocenters. The van der Waals surface area contributed by atoms with Gasteiger partial charge in [-0.05, 0) is 37.1 Å². The molecule has 1 fully saturated rings. The highest BCUT2D eigenvalue weighted by molar-refractivity contribution is 5.93. The molecule has 2 aliphatic rings. The van der Waals surface area contributed by atoms with E-state index in [4.69, 9.17) is 14.7 Å². The summed E-state index contributed by atoms with van der Waals surface area (Å²) < 4.78 is 11.1. The van der Waals surface area contributed by atoms with Crippen molar-refractivity contribution in [1.82, 2.24) is 4.98 Å². The number of benzene rings is 1. The molecule has 0 saturated carbocycles. The third-order valence-electron chi connectivity index (χ3n) is 4.88. The summed E-state index contributed by atoms with van der Waals surface area (Å²) in [5, 5.41) is 11.8. The van der Waals surface area contributed by atoms with E-state index in [0.29, 0.717) is 30.3 Å². The van der Waals surface area contributed by atoms with E-state index in [2.05, 4.69) is 21.3 Å². The van der Waals surface area contributed by atoms with Gasteiger partial charge in [0.25, 0.3) is 0 Å². The Morgan fingerprint density at radius 2 is 1.93 bits per heavy atom. The Kier molecular flexibility index (Phi) is 4.79. The minimum absolute atomic E-state index is 0.0270. The van der Waals surface area contributed by atoms with Crippen molar-refractivity contribution in [3.05, 3.63) is 42.1 Å². The van der Waals surface area contributed by atoms with Crippen LogP contribution in [0.25, 0.3) is 0 Å². The SMILES string of the molecule is N#Cc1ccc(N2CCC(C(=O)Nc3ccc4c(c3)OCCO4)CC2)nc1. The van der Waals surface area contributed by atoms with Gasteiger partial charge in [-0.2, -0.15) is 5.26 Å². The van der Waals surface area contributed by atoms with E-state index in [1.165, 1.54) is 0 Å². The van der Waals surface area contributed by atoms with Gasteiger partial charge in [0, 0.05) is 37.0 Å². The number of carbonyl (C=O) groups excluding carboxylic acids is 1. The van der Waals surface area contributed by atoms with Gasteiger partial charge >= 0.3 is 0 Å². The summed E-state index contributed by atoms with van der Waals surface area (Å²) in [5.74, 6) is 2.22. The van der Waals surface area contributed by atoms with E-state index in [9.17, 15) is 4.79 Å². The lowest BCUT2D eigenvalue weighted by Gasteiger charge is -2.32. The standard InChI is InChI=1S/C20H20N4O3/c21-12-14-1-4-19(22-13-14)24-7-5-15(6-8-24)20(25)23-16-2-3-17-18(11-16)27-10-9-26-17/h1-4,11,13,15H,5-10H2,(H,23,25). The zero-order valence-corrected chi connectivity index (χ0v) is 14.9. The molecule has 1 amide bonds. The van der Waals surface area contributed by atoms with E-state index in [-0.39, 0.29) is 11.8 Å². The lowest BCUT2D eigenvalue weighted by atomic mass is 9.95. The number of amides is 1. The van der Waals surface area contributed by atoms with Crippen molar-refractivity contribution in [3.63, 3.8) is 0 Å². The van der Waals surface area contributed by atoms with E-state index in [1.807, 2.05) is 24.3 Å². The first-order chi connectivity index (χ1) is 13.2. The molecular weight excluding hydrogens is 344 g/mol. The molecule has 27 heavy (non-hydrogen) atoms. The van der Waals surface area contributed by atoms with Crippen LogP contribution >= 0.6 is 0 Å². The number of hydrogen-bond acceptors (Lipinski definition) is 6. The van der Waals surface area contributed by atoms with Gasteiger partial charge in [-0.3, -0.25) is 4.79 Å². The van der Waals surface area contributed by atoms with E-state index in [0.717, 1.165) is 37.4 Å². The largest absolute Gasteiger partial charge is 0.486 e. The van der Waals surface area contributed by atoms with Crippen LogP contribution in [0.1, 0.15) is 18.4 Å². The Hall–Kier alpha value is -3.27. The molecule has 7 heteroatoms. The fourth-order valence-electron chi connectivity index (χ4n) is 3.38. The zero-order chi connectivity index (χ0) is 18.6. The Balaban J connectivity index is 1.34. The van der Waals surface area contributed by atoms with Gasteiger partial charge in [-0.1, -0.05) is 0 Å². The molecule has 0 bridgehead atoms. The highest BCUT2D eigenvalue weighted by atomic mass is 16.6. The number of carbonyl (C=O) groups is 1. The topological polar surface area (TPSA) is 87.5 Å². The summed E-state index contributed by atoms with van der Waals surface area (Å²) in [4.78, 5) is 19.1. The quantitative estimate of drug-likeness (QED) is 0.901. The fourth-order valence-corrected chi connectivity index (χ4v) is 3.38. The maximum Gasteiger partial charge on any atom is 0.227 e. The second-order valence-electron chi connectivity index (χ2n) is 6.63. The number of aromatic nitrogens is 1. The normalized spacial score (nSPS) is 16.5. The van der Waals surface area contributed by atoms with Crippen molar-refractivity contribution in [2.24, 2.45) is 5.92 Å². The van der Waals surface area contributed by atoms with Crippen LogP contribution in [-0.4, -0.2) is 37.2 Å². The lowest BCUT2D eigenvalue weighted by molar-refractivity contribution is -0.120. The van der Waals surface area contributed by atoms with Crippen LogP contribution in [0.15, 0.2) is 36.5 Å². The molecule has 138 valence electrons. The van der Waals surface area contributed by atoms with Crippen molar-refractivity contribution in [1.29, 1.82) is 5.26 Å². The molecule has 2 aliphatic heterocycles. The average molecular weight is 364 g/mol. The number of fused-ring (bicyclic) bond motifs is 1. The van der Waals surface area contributed by atoms with Crippen LogP contribution in [0.4, 0.5) is 11.5 Å². The Morgan fingerprint density at radius 1 is 1.15 bits per heavy atom. The third-order valence-corrected chi connectivity index (χ3v) is 4.88. The number of anilines is 2. The van der Waals surface area contributed by atoms with E-state index < -0.39 is 0 Å². The molecule has 0 unspecified atom stereocenters. The number of ether oxygens (including phenoxy) is 2. The van der Waals surface area contributed by atoms with Crippen molar-refractivity contribution in [2.45, 2.75) is 12.8 Å². The molecule has 1 N–H and O–H groups in total. The predicted octanol–water partition coefficient (Wildman–Crippen LogP) is 2.58. The number of nitrogens with zero attached hydrogens (tertiary/aromatic N) is 3. The van der Waals surface area contributed by atoms with Crippen LogP contribution in [0, 0.1) is 17.2 Å². The van der Waals surface area contributed by atoms with Crippen molar-refractivity contribution < 1.29 is 14.3 Å². The van der Waals surface area contributed by atoms with Gasteiger partial charge in [0.05, 0.1) is 5.56 Å². The van der Waals surface area contributed by atoms with Crippen LogP contribution < -0.4 is 19.7 Å².